The molecule has 0 aromatic carbocycles. The van der Waals surface area contributed by atoms with Crippen LogP contribution in [0.5, 0.6) is 0 Å². The second-order valence-electron chi connectivity index (χ2n) is 5.44. The fraction of sp³-hybridized carbons (Fsp3) is 1.00. The molecule has 16 heavy (non-hydrogen) atoms. The Labute approximate surface area is 101 Å². The van der Waals surface area contributed by atoms with Crippen LogP contribution in [0.15, 0.2) is 0 Å². The van der Waals surface area contributed by atoms with Crippen molar-refractivity contribution >= 4 is 0 Å². The largest absolute Gasteiger partial charge is 0.379 e. The van der Waals surface area contributed by atoms with Crippen LogP contribution in [0.1, 0.15) is 34.1 Å². The minimum atomic E-state index is 0.624. The number of nitrogens with one attached hydrogen (secondary N) is 1. The SMILES string of the molecule is CC(C)CC(C)NCC(C)N1CCOCC1. The van der Waals surface area contributed by atoms with Crippen molar-refractivity contribution in [3.8, 4) is 0 Å². The molecule has 1 fully saturated rings. The van der Waals surface area contributed by atoms with Gasteiger partial charge in [0.15, 0.2) is 0 Å². The average Bonchev–Trinajstić information content (AvgIpc) is 2.26. The Morgan fingerprint density at radius 3 is 2.31 bits per heavy atom. The molecule has 1 heterocycles. The van der Waals surface area contributed by atoms with Crippen LogP contribution >= 0.6 is 0 Å². The summed E-state index contributed by atoms with van der Waals surface area (Å²) in [6.45, 7) is 14.2. The third-order valence-corrected chi connectivity index (χ3v) is 3.26. The summed E-state index contributed by atoms with van der Waals surface area (Å²) < 4.78 is 5.37. The van der Waals surface area contributed by atoms with E-state index in [4.69, 9.17) is 4.74 Å². The first kappa shape index (κ1) is 13.9. The van der Waals surface area contributed by atoms with Crippen molar-refractivity contribution in [2.45, 2.75) is 46.2 Å². The molecule has 1 N–H and O–H groups in total. The van der Waals surface area contributed by atoms with Gasteiger partial charge >= 0.3 is 0 Å². The molecule has 1 aliphatic heterocycles. The van der Waals surface area contributed by atoms with Gasteiger partial charge in [0.2, 0.25) is 0 Å². The summed E-state index contributed by atoms with van der Waals surface area (Å²) in [4.78, 5) is 2.51. The molecule has 1 aliphatic rings. The number of ether oxygens (including phenoxy) is 1. The first-order chi connectivity index (χ1) is 7.59. The van der Waals surface area contributed by atoms with Gasteiger partial charge in [0.05, 0.1) is 13.2 Å². The van der Waals surface area contributed by atoms with Crippen LogP contribution in [0.3, 0.4) is 0 Å². The first-order valence-corrected chi connectivity index (χ1v) is 6.64. The fourth-order valence-corrected chi connectivity index (χ4v) is 2.31. The number of morpholine rings is 1. The summed E-state index contributed by atoms with van der Waals surface area (Å²) in [7, 11) is 0. The van der Waals surface area contributed by atoms with Crippen molar-refractivity contribution in [3.63, 3.8) is 0 Å². The summed E-state index contributed by atoms with van der Waals surface area (Å²) >= 11 is 0. The minimum Gasteiger partial charge on any atom is -0.379 e. The fourth-order valence-electron chi connectivity index (χ4n) is 2.31. The highest BCUT2D eigenvalue weighted by molar-refractivity contribution is 4.74. The van der Waals surface area contributed by atoms with Gasteiger partial charge in [-0.25, -0.2) is 0 Å². The molecule has 3 nitrogen and oxygen atoms in total. The number of hydrogen-bond acceptors (Lipinski definition) is 3. The normalized spacial score (nSPS) is 22.3. The van der Waals surface area contributed by atoms with Gasteiger partial charge in [0, 0.05) is 31.7 Å². The van der Waals surface area contributed by atoms with Crippen molar-refractivity contribution < 1.29 is 4.74 Å². The molecule has 0 aromatic rings. The van der Waals surface area contributed by atoms with E-state index in [2.05, 4.69) is 37.9 Å². The molecule has 1 saturated heterocycles. The molecule has 96 valence electrons. The summed E-state index contributed by atoms with van der Waals surface area (Å²) in [6.07, 6.45) is 1.26. The lowest BCUT2D eigenvalue weighted by molar-refractivity contribution is 0.0199. The number of nitrogens with zero attached hydrogens (tertiary/aromatic N) is 1. The zero-order chi connectivity index (χ0) is 12.0. The maximum Gasteiger partial charge on any atom is 0.0594 e. The van der Waals surface area contributed by atoms with Gasteiger partial charge in [-0.2, -0.15) is 0 Å². The van der Waals surface area contributed by atoms with E-state index in [1.54, 1.807) is 0 Å². The molecule has 0 amide bonds. The maximum atomic E-state index is 5.37. The van der Waals surface area contributed by atoms with E-state index in [-0.39, 0.29) is 0 Å². The Balaban J connectivity index is 2.15. The molecule has 1 rings (SSSR count). The van der Waals surface area contributed by atoms with Crippen LogP contribution in [-0.4, -0.2) is 49.8 Å². The zero-order valence-electron chi connectivity index (χ0n) is 11.3. The smallest absolute Gasteiger partial charge is 0.0594 e. The minimum absolute atomic E-state index is 0.624. The average molecular weight is 228 g/mol. The molecule has 3 heteroatoms. The lowest BCUT2D eigenvalue weighted by Gasteiger charge is -2.33. The van der Waals surface area contributed by atoms with Crippen LogP contribution in [0.2, 0.25) is 0 Å². The number of hydrogen-bond donors (Lipinski definition) is 1. The topological polar surface area (TPSA) is 24.5 Å². The summed E-state index contributed by atoms with van der Waals surface area (Å²) in [5.74, 6) is 0.779. The van der Waals surface area contributed by atoms with Crippen LogP contribution in [0.25, 0.3) is 0 Å². The zero-order valence-corrected chi connectivity index (χ0v) is 11.3. The second kappa shape index (κ2) is 7.25. The predicted octanol–water partition coefficient (Wildman–Crippen LogP) is 1.73. The Kier molecular flexibility index (Phi) is 6.32. The van der Waals surface area contributed by atoms with Gasteiger partial charge in [-0.05, 0) is 26.2 Å². The highest BCUT2D eigenvalue weighted by Crippen LogP contribution is 2.06. The maximum absolute atomic E-state index is 5.37. The van der Waals surface area contributed by atoms with Crippen LogP contribution in [-0.2, 0) is 4.74 Å². The Morgan fingerprint density at radius 2 is 1.75 bits per heavy atom. The van der Waals surface area contributed by atoms with E-state index in [1.807, 2.05) is 0 Å². The van der Waals surface area contributed by atoms with Crippen molar-refractivity contribution in [1.29, 1.82) is 0 Å². The van der Waals surface area contributed by atoms with Crippen LogP contribution in [0, 0.1) is 5.92 Å². The first-order valence-electron chi connectivity index (χ1n) is 6.64. The monoisotopic (exact) mass is 228 g/mol. The van der Waals surface area contributed by atoms with Gasteiger partial charge in [0.1, 0.15) is 0 Å². The highest BCUT2D eigenvalue weighted by Gasteiger charge is 2.17. The van der Waals surface area contributed by atoms with Crippen molar-refractivity contribution in [3.05, 3.63) is 0 Å². The van der Waals surface area contributed by atoms with Gasteiger partial charge in [-0.3, -0.25) is 4.90 Å². The molecule has 0 saturated carbocycles. The molecule has 2 atom stereocenters. The quantitative estimate of drug-likeness (QED) is 0.749. The van der Waals surface area contributed by atoms with Gasteiger partial charge < -0.3 is 10.1 Å². The predicted molar refractivity (Wildman–Crippen MR) is 68.8 cm³/mol. The molecule has 2 unspecified atom stereocenters. The molecule has 0 aliphatic carbocycles. The molecule has 0 bridgehead atoms. The molecular formula is C13H28N2O. The Hall–Kier alpha value is -0.120. The standard InChI is InChI=1S/C13H28N2O/c1-11(2)9-12(3)14-10-13(4)15-5-7-16-8-6-15/h11-14H,5-10H2,1-4H3. The van der Waals surface area contributed by atoms with Gasteiger partial charge in [-0.15, -0.1) is 0 Å². The van der Waals surface area contributed by atoms with E-state index in [0.717, 1.165) is 38.8 Å². The van der Waals surface area contributed by atoms with E-state index >= 15 is 0 Å². The molecule has 0 spiro atoms. The van der Waals surface area contributed by atoms with E-state index in [0.29, 0.717) is 12.1 Å². The van der Waals surface area contributed by atoms with Gasteiger partial charge in [-0.1, -0.05) is 13.8 Å². The summed E-state index contributed by atoms with van der Waals surface area (Å²) in [5, 5.41) is 3.63. The van der Waals surface area contributed by atoms with Crippen LogP contribution < -0.4 is 5.32 Å². The summed E-state index contributed by atoms with van der Waals surface area (Å²) in [5.41, 5.74) is 0. The third kappa shape index (κ3) is 5.28. The lowest BCUT2D eigenvalue weighted by Crippen LogP contribution is -2.47. The van der Waals surface area contributed by atoms with Crippen molar-refractivity contribution in [1.82, 2.24) is 10.2 Å². The molecule has 0 radical (unpaired) electrons. The van der Waals surface area contributed by atoms with Crippen LogP contribution in [0.4, 0.5) is 0 Å². The van der Waals surface area contributed by atoms with E-state index in [1.165, 1.54) is 6.42 Å². The second-order valence-corrected chi connectivity index (χ2v) is 5.44. The van der Waals surface area contributed by atoms with E-state index in [9.17, 15) is 0 Å². The van der Waals surface area contributed by atoms with E-state index < -0.39 is 0 Å². The number of rotatable bonds is 6. The lowest BCUT2D eigenvalue weighted by atomic mass is 10.1. The molecule has 0 aromatic heterocycles. The van der Waals surface area contributed by atoms with Crippen molar-refractivity contribution in [2.75, 3.05) is 32.8 Å². The highest BCUT2D eigenvalue weighted by atomic mass is 16.5. The van der Waals surface area contributed by atoms with Gasteiger partial charge in [0.25, 0.3) is 0 Å². The molecular weight excluding hydrogens is 200 g/mol. The Morgan fingerprint density at radius 1 is 1.12 bits per heavy atom. The third-order valence-electron chi connectivity index (χ3n) is 3.26. The van der Waals surface area contributed by atoms with Crippen molar-refractivity contribution in [2.24, 2.45) is 5.92 Å². The summed E-state index contributed by atoms with van der Waals surface area (Å²) in [6, 6.07) is 1.25. The Bertz CT molecular complexity index is 179.